The van der Waals surface area contributed by atoms with Crippen LogP contribution in [0.4, 0.5) is 11.5 Å². The van der Waals surface area contributed by atoms with Crippen molar-refractivity contribution in [1.82, 2.24) is 29.8 Å². The van der Waals surface area contributed by atoms with Crippen molar-refractivity contribution >= 4 is 45.3 Å². The van der Waals surface area contributed by atoms with Gasteiger partial charge in [-0.2, -0.15) is 5.10 Å². The monoisotopic (exact) mass is 540 g/mol. The molecule has 5 aromatic rings. The average Bonchev–Trinajstić information content (AvgIpc) is 3.57. The molecule has 204 valence electrons. The lowest BCUT2D eigenvalue weighted by molar-refractivity contribution is -0.193. The highest BCUT2D eigenvalue weighted by atomic mass is 16.7. The zero-order chi connectivity index (χ0) is 27.8. The molecule has 4 heterocycles. The van der Waals surface area contributed by atoms with E-state index in [-0.39, 0.29) is 17.9 Å². The van der Waals surface area contributed by atoms with Crippen LogP contribution in [0.2, 0.25) is 0 Å². The highest BCUT2D eigenvalue weighted by molar-refractivity contribution is 6.07. The predicted octanol–water partition coefficient (Wildman–Crippen LogP) is 3.93. The van der Waals surface area contributed by atoms with Crippen LogP contribution < -0.4 is 15.8 Å². The third kappa shape index (κ3) is 4.69. The Bertz CT molecular complexity index is 1700. The number of nitrogens with two attached hydrogens (primary N) is 1. The van der Waals surface area contributed by atoms with Crippen molar-refractivity contribution in [3.05, 3.63) is 60.6 Å². The number of carbonyl (C=O) groups excluding carboxylic acids is 2. The van der Waals surface area contributed by atoms with E-state index in [9.17, 15) is 9.59 Å². The number of hydroxylamine groups is 2. The first-order valence-corrected chi connectivity index (χ1v) is 12.9. The molecular formula is C28H28N8O4. The highest BCUT2D eigenvalue weighted by Gasteiger charge is 2.27. The summed E-state index contributed by atoms with van der Waals surface area (Å²) in [4.78, 5) is 41.4. The first kappa shape index (κ1) is 25.3. The number of amides is 1. The number of nitrogens with one attached hydrogen (secondary N) is 2. The lowest BCUT2D eigenvalue weighted by Gasteiger charge is -2.30. The lowest BCUT2D eigenvalue weighted by Crippen LogP contribution is -2.36. The molecule has 1 aliphatic rings. The molecule has 1 saturated heterocycles. The second kappa shape index (κ2) is 10.3. The van der Waals surface area contributed by atoms with Crippen molar-refractivity contribution in [1.29, 1.82) is 0 Å². The fourth-order valence-corrected chi connectivity index (χ4v) is 5.14. The van der Waals surface area contributed by atoms with Crippen LogP contribution in [0.15, 0.2) is 54.9 Å². The second-order valence-electron chi connectivity index (χ2n) is 9.63. The highest BCUT2D eigenvalue weighted by Crippen LogP contribution is 2.37. The molecule has 6 rings (SSSR count). The van der Waals surface area contributed by atoms with Crippen molar-refractivity contribution in [2.45, 2.75) is 25.8 Å². The van der Waals surface area contributed by atoms with Crippen LogP contribution in [0.25, 0.3) is 33.2 Å². The molecule has 1 fully saturated rings. The summed E-state index contributed by atoms with van der Waals surface area (Å²) in [6, 6.07) is 15.0. The van der Waals surface area contributed by atoms with E-state index < -0.39 is 0 Å². The van der Waals surface area contributed by atoms with Crippen LogP contribution in [0.3, 0.4) is 0 Å². The number of carbonyl (C=O) groups is 2. The Hall–Kier alpha value is -4.97. The molecule has 3 aromatic heterocycles. The van der Waals surface area contributed by atoms with Crippen LogP contribution in [0.5, 0.6) is 5.75 Å². The van der Waals surface area contributed by atoms with Crippen LogP contribution in [0.1, 0.15) is 36.3 Å². The third-order valence-electron chi connectivity index (χ3n) is 7.04. The Balaban J connectivity index is 1.30. The number of para-hydroxylation sites is 1. The first-order valence-electron chi connectivity index (χ1n) is 12.9. The Morgan fingerprint density at radius 3 is 2.65 bits per heavy atom. The summed E-state index contributed by atoms with van der Waals surface area (Å²) in [5.74, 6) is 0.170. The number of anilines is 2. The molecule has 2 aromatic carbocycles. The quantitative estimate of drug-likeness (QED) is 0.291. The minimum atomic E-state index is -0.333. The van der Waals surface area contributed by atoms with Crippen molar-refractivity contribution < 1.29 is 19.2 Å². The molecular weight excluding hydrogens is 512 g/mol. The van der Waals surface area contributed by atoms with Gasteiger partial charge < -0.3 is 25.6 Å². The van der Waals surface area contributed by atoms with Gasteiger partial charge in [0, 0.05) is 36.5 Å². The SMILES string of the molecule is COc1cc(-c2nn(C3CCN(OC(C)=O)CC3)c3ncnc(N)c23)ccc1NC(=O)c1cc2ccccc2[nH]1. The van der Waals surface area contributed by atoms with Crippen LogP contribution in [-0.4, -0.2) is 61.9 Å². The van der Waals surface area contributed by atoms with E-state index in [1.54, 1.807) is 18.2 Å². The summed E-state index contributed by atoms with van der Waals surface area (Å²) in [6.45, 7) is 2.56. The van der Waals surface area contributed by atoms with Gasteiger partial charge >= 0.3 is 5.97 Å². The Morgan fingerprint density at radius 1 is 1.10 bits per heavy atom. The van der Waals surface area contributed by atoms with E-state index >= 15 is 0 Å². The number of aromatic nitrogens is 5. The third-order valence-corrected chi connectivity index (χ3v) is 7.04. The summed E-state index contributed by atoms with van der Waals surface area (Å²) in [6.07, 6.45) is 2.86. The summed E-state index contributed by atoms with van der Waals surface area (Å²) >= 11 is 0. The normalized spacial score (nSPS) is 14.4. The van der Waals surface area contributed by atoms with Crippen molar-refractivity contribution in [3.8, 4) is 17.0 Å². The van der Waals surface area contributed by atoms with Gasteiger partial charge in [-0.25, -0.2) is 14.6 Å². The van der Waals surface area contributed by atoms with E-state index in [1.165, 1.54) is 13.3 Å². The second-order valence-corrected chi connectivity index (χ2v) is 9.63. The topological polar surface area (TPSA) is 153 Å². The standard InChI is InChI=1S/C28H28N8O4/c1-16(37)40-35-11-9-19(10-12-35)36-27-24(26(29)30-15-31-27)25(34-36)18-7-8-21(23(14-18)39-2)33-28(38)22-13-17-5-3-4-6-20(17)32-22/h3-8,13-15,19,32H,9-12H2,1-2H3,(H,33,38)(H2,29,30,31). The first-order chi connectivity index (χ1) is 19.4. The number of ether oxygens (including phenoxy) is 1. The van der Waals surface area contributed by atoms with Gasteiger partial charge in [0.2, 0.25) is 0 Å². The summed E-state index contributed by atoms with van der Waals surface area (Å²) < 4.78 is 7.52. The van der Waals surface area contributed by atoms with Gasteiger partial charge in [-0.1, -0.05) is 24.3 Å². The zero-order valence-corrected chi connectivity index (χ0v) is 22.0. The number of nitrogens with zero attached hydrogens (tertiary/aromatic N) is 5. The Labute approximate surface area is 229 Å². The predicted molar refractivity (Wildman–Crippen MR) is 150 cm³/mol. The molecule has 4 N–H and O–H groups in total. The number of piperidine rings is 1. The number of aromatic amines is 1. The number of H-pyrrole nitrogens is 1. The van der Waals surface area contributed by atoms with Crippen LogP contribution in [0, 0.1) is 0 Å². The molecule has 1 amide bonds. The average molecular weight is 541 g/mol. The molecule has 12 heteroatoms. The van der Waals surface area contributed by atoms with E-state index in [0.717, 1.165) is 29.3 Å². The fourth-order valence-electron chi connectivity index (χ4n) is 5.14. The maximum absolute atomic E-state index is 13.0. The van der Waals surface area contributed by atoms with Crippen molar-refractivity contribution in [3.63, 3.8) is 0 Å². The largest absolute Gasteiger partial charge is 0.495 e. The number of methoxy groups -OCH3 is 1. The maximum atomic E-state index is 13.0. The van der Waals surface area contributed by atoms with E-state index in [0.29, 0.717) is 52.8 Å². The minimum absolute atomic E-state index is 0.0362. The molecule has 12 nitrogen and oxygen atoms in total. The van der Waals surface area contributed by atoms with Crippen LogP contribution in [-0.2, 0) is 9.63 Å². The van der Waals surface area contributed by atoms with Gasteiger partial charge in [-0.3, -0.25) is 9.59 Å². The van der Waals surface area contributed by atoms with Gasteiger partial charge in [0.1, 0.15) is 29.3 Å². The summed E-state index contributed by atoms with van der Waals surface area (Å²) in [7, 11) is 1.54. The van der Waals surface area contributed by atoms with Crippen molar-refractivity contribution in [2.75, 3.05) is 31.2 Å². The van der Waals surface area contributed by atoms with Crippen molar-refractivity contribution in [2.24, 2.45) is 0 Å². The number of nitrogen functional groups attached to an aromatic ring is 1. The fraction of sp³-hybridized carbons (Fsp3) is 0.250. The number of hydrogen-bond donors (Lipinski definition) is 3. The van der Waals surface area contributed by atoms with Gasteiger partial charge in [0.05, 0.1) is 24.2 Å². The molecule has 0 unspecified atom stereocenters. The molecule has 0 saturated carbocycles. The molecule has 0 atom stereocenters. The molecule has 0 bridgehead atoms. The smallest absolute Gasteiger partial charge is 0.322 e. The van der Waals surface area contributed by atoms with Gasteiger partial charge in [0.15, 0.2) is 5.65 Å². The maximum Gasteiger partial charge on any atom is 0.322 e. The molecule has 0 radical (unpaired) electrons. The number of benzene rings is 2. The number of rotatable bonds is 6. The summed E-state index contributed by atoms with van der Waals surface area (Å²) in [5, 5.41) is 11.1. The lowest BCUT2D eigenvalue weighted by atomic mass is 10.1. The van der Waals surface area contributed by atoms with Crippen LogP contribution >= 0.6 is 0 Å². The zero-order valence-electron chi connectivity index (χ0n) is 22.0. The van der Waals surface area contributed by atoms with E-state index in [4.69, 9.17) is 20.4 Å². The van der Waals surface area contributed by atoms with Gasteiger partial charge in [-0.05, 0) is 37.1 Å². The number of fused-ring (bicyclic) bond motifs is 2. The van der Waals surface area contributed by atoms with E-state index in [2.05, 4.69) is 20.3 Å². The molecule has 0 aliphatic carbocycles. The van der Waals surface area contributed by atoms with Gasteiger partial charge in [-0.15, -0.1) is 5.06 Å². The molecule has 40 heavy (non-hydrogen) atoms. The minimum Gasteiger partial charge on any atom is -0.495 e. The number of hydrogen-bond acceptors (Lipinski definition) is 9. The molecule has 0 spiro atoms. The van der Waals surface area contributed by atoms with Gasteiger partial charge in [0.25, 0.3) is 5.91 Å². The Kier molecular flexibility index (Phi) is 6.52. The van der Waals surface area contributed by atoms with E-state index in [1.807, 2.05) is 47.1 Å². The molecule has 1 aliphatic heterocycles. The Morgan fingerprint density at radius 2 is 1.90 bits per heavy atom. The summed E-state index contributed by atoms with van der Waals surface area (Å²) in [5.41, 5.74) is 10.1.